The van der Waals surface area contributed by atoms with Crippen molar-refractivity contribution in [2.75, 3.05) is 47.6 Å². The number of imidazole rings is 2. The van der Waals surface area contributed by atoms with Gasteiger partial charge >= 0.3 is 6.09 Å². The van der Waals surface area contributed by atoms with Crippen LogP contribution in [0, 0.1) is 17.8 Å². The molecule has 5 aromatic carbocycles. The summed E-state index contributed by atoms with van der Waals surface area (Å²) in [6.07, 6.45) is 0.772. The molecule has 4 N–H and O–H groups in total. The number of benzene rings is 5. The number of hydrogen-bond donors (Lipinski definition) is 4. The number of nitrogens with one attached hydrogen (secondary N) is 4. The van der Waals surface area contributed by atoms with E-state index >= 15 is 0 Å². The van der Waals surface area contributed by atoms with Gasteiger partial charge in [0.2, 0.25) is 17.7 Å². The lowest BCUT2D eigenvalue weighted by molar-refractivity contribution is -0.138. The second kappa shape index (κ2) is 18.6. The SMILES string of the molecule is COCC(=O)N[C@@H](C(=O)N1CC(COC)CC1c1nc2c(ccc3cc(-c4ccc5c(ccc6[nH]c(C7CC(C)CN7C(=O)C(NC(=O)OC)C(C)C)nc65)c4)ccc32)[nH]1)c1ccccc1. The summed E-state index contributed by atoms with van der Waals surface area (Å²) >= 11 is 0. The predicted molar refractivity (Wildman–Crippen MR) is 252 cm³/mol. The smallest absolute Gasteiger partial charge is 0.407 e. The molecule has 0 saturated carbocycles. The topological polar surface area (TPSA) is 184 Å². The highest BCUT2D eigenvalue weighted by molar-refractivity contribution is 6.07. The molecule has 0 spiro atoms. The number of aromatic nitrogens is 4. The van der Waals surface area contributed by atoms with E-state index in [4.69, 9.17) is 24.2 Å². The van der Waals surface area contributed by atoms with Crippen molar-refractivity contribution in [2.45, 2.75) is 57.8 Å². The zero-order valence-corrected chi connectivity index (χ0v) is 38.1. The number of carbonyl (C=O) groups excluding carboxylic acids is 4. The first-order valence-corrected chi connectivity index (χ1v) is 22.6. The number of amides is 4. The molecule has 4 heterocycles. The maximum absolute atomic E-state index is 14.5. The van der Waals surface area contributed by atoms with Gasteiger partial charge in [-0.05, 0) is 76.4 Å². The Morgan fingerprint density at radius 2 is 1.30 bits per heavy atom. The van der Waals surface area contributed by atoms with Crippen LogP contribution >= 0.6 is 0 Å². The zero-order valence-electron chi connectivity index (χ0n) is 38.1. The summed E-state index contributed by atoms with van der Waals surface area (Å²) in [6.45, 7) is 7.30. The molecule has 0 radical (unpaired) electrons. The fraction of sp³-hybridized carbons (Fsp3) is 0.373. The molecule has 15 nitrogen and oxygen atoms in total. The molecular weight excluding hydrogens is 837 g/mol. The molecule has 7 aromatic rings. The van der Waals surface area contributed by atoms with Gasteiger partial charge in [-0.2, -0.15) is 0 Å². The van der Waals surface area contributed by atoms with Crippen LogP contribution < -0.4 is 10.6 Å². The first kappa shape index (κ1) is 44.4. The Labute approximate surface area is 382 Å². The minimum atomic E-state index is -0.898. The Morgan fingerprint density at radius 1 is 0.712 bits per heavy atom. The van der Waals surface area contributed by atoms with Crippen LogP contribution in [0.5, 0.6) is 0 Å². The lowest BCUT2D eigenvalue weighted by atomic mass is 9.98. The molecule has 2 aliphatic rings. The van der Waals surface area contributed by atoms with Gasteiger partial charge in [0.15, 0.2) is 0 Å². The van der Waals surface area contributed by atoms with Gasteiger partial charge in [0.25, 0.3) is 0 Å². The van der Waals surface area contributed by atoms with Crippen molar-refractivity contribution in [3.8, 4) is 11.1 Å². The van der Waals surface area contributed by atoms with E-state index < -0.39 is 18.2 Å². The predicted octanol–water partition coefficient (Wildman–Crippen LogP) is 7.74. The second-order valence-corrected chi connectivity index (χ2v) is 18.2. The number of alkyl carbamates (subject to hydrolysis) is 1. The number of rotatable bonds is 13. The number of H-pyrrole nitrogens is 2. The highest BCUT2D eigenvalue weighted by Crippen LogP contribution is 2.40. The van der Waals surface area contributed by atoms with Gasteiger partial charge in [-0.15, -0.1) is 0 Å². The standard InChI is InChI=1S/C51H56N8O7/c1-28(2)43(57-51(63)66-6)49(61)58-24-29(3)20-40(58)47-52-38-18-14-34-22-32(12-16-36(34)45(38)55-47)33-13-17-37-35(23-33)15-19-39-46(37)56-48(53-39)41-21-30(26-64-4)25-59(41)50(62)44(54-42(60)27-65-5)31-10-8-7-9-11-31/h7-19,22-23,28-30,40-41,43-44H,20-21,24-27H2,1-6H3,(H,52,55)(H,53,56)(H,54,60)(H,57,63)/t29?,30?,40?,41?,43?,44-/m1/s1. The maximum Gasteiger partial charge on any atom is 0.407 e. The molecule has 342 valence electrons. The highest BCUT2D eigenvalue weighted by atomic mass is 16.5. The monoisotopic (exact) mass is 892 g/mol. The summed E-state index contributed by atoms with van der Waals surface area (Å²) in [7, 11) is 4.41. The van der Waals surface area contributed by atoms with Crippen molar-refractivity contribution in [2.24, 2.45) is 17.8 Å². The molecule has 15 heteroatoms. The van der Waals surface area contributed by atoms with Gasteiger partial charge in [0.1, 0.15) is 30.3 Å². The number of carbonyl (C=O) groups is 4. The minimum Gasteiger partial charge on any atom is -0.453 e. The Balaban J connectivity index is 0.991. The molecule has 0 bridgehead atoms. The number of aromatic amines is 2. The van der Waals surface area contributed by atoms with E-state index in [1.54, 1.807) is 7.11 Å². The van der Waals surface area contributed by atoms with Crippen molar-refractivity contribution in [3.05, 3.63) is 108 Å². The summed E-state index contributed by atoms with van der Waals surface area (Å²) in [5, 5.41) is 9.69. The van der Waals surface area contributed by atoms with Crippen LogP contribution in [0.2, 0.25) is 0 Å². The minimum absolute atomic E-state index is 0.0775. The van der Waals surface area contributed by atoms with E-state index in [0.29, 0.717) is 37.5 Å². The molecule has 2 fully saturated rings. The maximum atomic E-state index is 14.5. The van der Waals surface area contributed by atoms with Crippen LogP contribution in [0.1, 0.15) is 69.0 Å². The average molecular weight is 893 g/mol. The first-order valence-electron chi connectivity index (χ1n) is 22.6. The van der Waals surface area contributed by atoms with Gasteiger partial charge in [0.05, 0.1) is 47.9 Å². The van der Waals surface area contributed by atoms with Crippen LogP contribution in [0.15, 0.2) is 91.0 Å². The van der Waals surface area contributed by atoms with E-state index in [-0.39, 0.29) is 54.2 Å². The van der Waals surface area contributed by atoms with Gasteiger partial charge in [-0.25, -0.2) is 14.8 Å². The fourth-order valence-corrected chi connectivity index (χ4v) is 9.96. The molecule has 2 aromatic heterocycles. The fourth-order valence-electron chi connectivity index (χ4n) is 9.96. The molecule has 4 amide bonds. The quantitative estimate of drug-likeness (QED) is 0.0900. The average Bonchev–Trinajstić information content (AvgIpc) is 4.14. The normalized spacial score (nSPS) is 19.6. The van der Waals surface area contributed by atoms with Crippen molar-refractivity contribution >= 4 is 67.4 Å². The summed E-state index contributed by atoms with van der Waals surface area (Å²) < 4.78 is 15.5. The van der Waals surface area contributed by atoms with Crippen LogP contribution in [-0.2, 0) is 28.6 Å². The Morgan fingerprint density at radius 3 is 1.86 bits per heavy atom. The van der Waals surface area contributed by atoms with E-state index in [2.05, 4.69) is 76.1 Å². The molecule has 2 aliphatic heterocycles. The third-order valence-corrected chi connectivity index (χ3v) is 13.2. The van der Waals surface area contributed by atoms with E-state index in [0.717, 1.165) is 67.0 Å². The molecule has 9 rings (SSSR count). The Hall–Kier alpha value is -6.84. The highest BCUT2D eigenvalue weighted by Gasteiger charge is 2.42. The largest absolute Gasteiger partial charge is 0.453 e. The zero-order chi connectivity index (χ0) is 46.2. The summed E-state index contributed by atoms with van der Waals surface area (Å²) in [4.78, 5) is 74.4. The molecule has 66 heavy (non-hydrogen) atoms. The van der Waals surface area contributed by atoms with E-state index in [1.807, 2.05) is 66.1 Å². The number of ether oxygens (including phenoxy) is 3. The first-order chi connectivity index (χ1) is 31.9. The van der Waals surface area contributed by atoms with E-state index in [1.165, 1.54) is 14.2 Å². The van der Waals surface area contributed by atoms with Crippen LogP contribution in [0.4, 0.5) is 4.79 Å². The summed E-state index contributed by atoms with van der Waals surface area (Å²) in [5.74, 6) is 0.872. The number of nitrogens with zero attached hydrogens (tertiary/aromatic N) is 4. The van der Waals surface area contributed by atoms with Gasteiger partial charge in [-0.1, -0.05) is 87.5 Å². The molecule has 0 aliphatic carbocycles. The van der Waals surface area contributed by atoms with Crippen molar-refractivity contribution in [3.63, 3.8) is 0 Å². The Bertz CT molecular complexity index is 2950. The lowest BCUT2D eigenvalue weighted by Crippen LogP contribution is -2.51. The van der Waals surface area contributed by atoms with E-state index in [9.17, 15) is 19.2 Å². The third kappa shape index (κ3) is 8.56. The Kier molecular flexibility index (Phi) is 12.5. The molecule has 2 saturated heterocycles. The number of likely N-dealkylation sites (tertiary alicyclic amines) is 2. The van der Waals surface area contributed by atoms with Crippen LogP contribution in [0.25, 0.3) is 54.7 Å². The van der Waals surface area contributed by atoms with Gasteiger partial charge in [-0.3, -0.25) is 14.4 Å². The number of methoxy groups -OCH3 is 3. The van der Waals surface area contributed by atoms with Crippen LogP contribution in [0.3, 0.4) is 0 Å². The van der Waals surface area contributed by atoms with Gasteiger partial charge in [0, 0.05) is 44.0 Å². The molecular formula is C51H56N8O7. The summed E-state index contributed by atoms with van der Waals surface area (Å²) in [5.41, 5.74) is 6.20. The second-order valence-electron chi connectivity index (χ2n) is 18.2. The molecule has 6 atom stereocenters. The number of hydrogen-bond acceptors (Lipinski definition) is 9. The third-order valence-electron chi connectivity index (χ3n) is 13.2. The molecule has 5 unspecified atom stereocenters. The van der Waals surface area contributed by atoms with Gasteiger partial charge < -0.3 is 44.6 Å². The summed E-state index contributed by atoms with van der Waals surface area (Å²) in [6, 6.07) is 28.1. The van der Waals surface area contributed by atoms with Crippen molar-refractivity contribution in [1.82, 2.24) is 40.4 Å². The van der Waals surface area contributed by atoms with Crippen LogP contribution in [-0.4, -0.2) is 107 Å². The lowest BCUT2D eigenvalue weighted by Gasteiger charge is -2.30. The number of fused-ring (bicyclic) bond motifs is 6. The van der Waals surface area contributed by atoms with Crippen molar-refractivity contribution in [1.29, 1.82) is 0 Å². The van der Waals surface area contributed by atoms with Crippen molar-refractivity contribution < 1.29 is 33.4 Å².